The molecule has 0 saturated heterocycles. The smallest absolute Gasteiger partial charge is 0.0754 e. The van der Waals surface area contributed by atoms with Crippen LogP contribution in [0.15, 0.2) is 170 Å². The Balaban J connectivity index is 1.41. The van der Waals surface area contributed by atoms with Gasteiger partial charge in [-0.25, -0.2) is 0 Å². The molecule has 0 saturated carbocycles. The third kappa shape index (κ3) is 3.74. The van der Waals surface area contributed by atoms with Gasteiger partial charge in [-0.3, -0.25) is 0 Å². The first kappa shape index (κ1) is 25.8. The first-order chi connectivity index (χ1) is 22.2. The maximum Gasteiger partial charge on any atom is 0.0754 e. The van der Waals surface area contributed by atoms with Gasteiger partial charge in [0, 0.05) is 5.69 Å². The predicted molar refractivity (Wildman–Crippen MR) is 188 cm³/mol. The molecule has 1 heteroatoms. The third-order valence-electron chi connectivity index (χ3n) is 9.74. The second-order valence-corrected chi connectivity index (χ2v) is 12.2. The summed E-state index contributed by atoms with van der Waals surface area (Å²) in [7, 11) is 0. The van der Waals surface area contributed by atoms with Gasteiger partial charge in [-0.15, -0.1) is 0 Å². The van der Waals surface area contributed by atoms with Crippen molar-refractivity contribution in [3.05, 3.63) is 198 Å². The molecule has 1 aliphatic heterocycles. The van der Waals surface area contributed by atoms with Crippen molar-refractivity contribution in [2.24, 2.45) is 0 Å². The topological polar surface area (TPSA) is 3.24 Å². The molecular weight excluding hydrogens is 542 g/mol. The second-order valence-electron chi connectivity index (χ2n) is 12.2. The Labute approximate surface area is 264 Å². The SMILES string of the molecule is Cc1ccc(N2c3ccccc3C3(c4cc(-c5ccccc5)ccc4-c4ccc(-c5ccccc5)cc43)c3ccccc32)cc1. The van der Waals surface area contributed by atoms with Crippen LogP contribution in [-0.4, -0.2) is 0 Å². The van der Waals surface area contributed by atoms with E-state index < -0.39 is 5.41 Å². The van der Waals surface area contributed by atoms with Crippen LogP contribution in [0.25, 0.3) is 33.4 Å². The van der Waals surface area contributed by atoms with Gasteiger partial charge in [0.2, 0.25) is 0 Å². The lowest BCUT2D eigenvalue weighted by atomic mass is 9.64. The minimum absolute atomic E-state index is 0.491. The molecule has 1 nitrogen and oxygen atoms in total. The molecule has 0 amide bonds. The molecule has 0 N–H and O–H groups in total. The Hall–Kier alpha value is -5.66. The summed E-state index contributed by atoms with van der Waals surface area (Å²) in [4.78, 5) is 2.45. The quantitative estimate of drug-likeness (QED) is 0.203. The van der Waals surface area contributed by atoms with E-state index in [0.717, 1.165) is 0 Å². The summed E-state index contributed by atoms with van der Waals surface area (Å²) in [6, 6.07) is 62.8. The van der Waals surface area contributed by atoms with Crippen molar-refractivity contribution in [3.63, 3.8) is 0 Å². The first-order valence-electron chi connectivity index (χ1n) is 15.7. The van der Waals surface area contributed by atoms with Gasteiger partial charge in [0.05, 0.1) is 16.8 Å². The molecule has 0 unspecified atom stereocenters. The molecule has 45 heavy (non-hydrogen) atoms. The molecule has 0 fully saturated rings. The summed E-state index contributed by atoms with van der Waals surface area (Å²) in [5.41, 5.74) is 17.2. The molecule has 0 atom stereocenters. The van der Waals surface area contributed by atoms with Gasteiger partial charge < -0.3 is 4.90 Å². The Kier molecular flexibility index (Phi) is 5.70. The van der Waals surface area contributed by atoms with Gasteiger partial charge in [-0.05, 0) is 99.0 Å². The first-order valence-corrected chi connectivity index (χ1v) is 15.7. The number of aryl methyl sites for hydroxylation is 1. The standard InChI is InChI=1S/C44H31N/c1-30-20-24-35(25-21-30)45-42-18-10-8-16-38(42)44(39-17-9-11-19-43(39)45)40-28-33(31-12-4-2-5-13-31)22-26-36(40)37-27-23-34(29-41(37)44)32-14-6-3-7-15-32/h2-29H,1H3. The maximum absolute atomic E-state index is 2.46. The van der Waals surface area contributed by atoms with Gasteiger partial charge in [0.1, 0.15) is 0 Å². The van der Waals surface area contributed by atoms with Crippen molar-refractivity contribution in [3.8, 4) is 33.4 Å². The molecule has 212 valence electrons. The molecule has 2 aliphatic rings. The number of hydrogen-bond donors (Lipinski definition) is 0. The van der Waals surface area contributed by atoms with Gasteiger partial charge in [0.25, 0.3) is 0 Å². The van der Waals surface area contributed by atoms with Gasteiger partial charge in [-0.2, -0.15) is 0 Å². The average molecular weight is 574 g/mol. The van der Waals surface area contributed by atoms with Crippen molar-refractivity contribution in [2.75, 3.05) is 4.90 Å². The fraction of sp³-hybridized carbons (Fsp3) is 0.0455. The summed E-state index contributed by atoms with van der Waals surface area (Å²) in [5, 5.41) is 0. The van der Waals surface area contributed by atoms with E-state index in [1.165, 1.54) is 78.3 Å². The van der Waals surface area contributed by atoms with Crippen LogP contribution in [0.1, 0.15) is 27.8 Å². The maximum atomic E-state index is 2.46. The number of nitrogens with zero attached hydrogens (tertiary/aromatic N) is 1. The lowest BCUT2D eigenvalue weighted by Gasteiger charge is -2.45. The number of hydrogen-bond acceptors (Lipinski definition) is 1. The Morgan fingerprint density at radius 3 is 1.31 bits per heavy atom. The Morgan fingerprint density at radius 2 is 0.822 bits per heavy atom. The number of para-hydroxylation sites is 2. The number of anilines is 3. The zero-order valence-corrected chi connectivity index (χ0v) is 25.1. The van der Waals surface area contributed by atoms with E-state index in [2.05, 4.69) is 182 Å². The minimum atomic E-state index is -0.491. The van der Waals surface area contributed by atoms with E-state index in [1.807, 2.05) is 0 Å². The molecule has 9 rings (SSSR count). The molecule has 1 heterocycles. The summed E-state index contributed by atoms with van der Waals surface area (Å²) >= 11 is 0. The van der Waals surface area contributed by atoms with Crippen LogP contribution < -0.4 is 4.90 Å². The van der Waals surface area contributed by atoms with Gasteiger partial charge in [-0.1, -0.05) is 139 Å². The van der Waals surface area contributed by atoms with Crippen molar-refractivity contribution < 1.29 is 0 Å². The predicted octanol–water partition coefficient (Wildman–Crippen LogP) is 11.5. The molecule has 1 aliphatic carbocycles. The Morgan fingerprint density at radius 1 is 0.378 bits per heavy atom. The van der Waals surface area contributed by atoms with E-state index >= 15 is 0 Å². The highest BCUT2D eigenvalue weighted by Crippen LogP contribution is 2.64. The highest BCUT2D eigenvalue weighted by atomic mass is 15.2. The van der Waals surface area contributed by atoms with Crippen LogP contribution in [0.3, 0.4) is 0 Å². The van der Waals surface area contributed by atoms with E-state index in [0.29, 0.717) is 0 Å². The highest BCUT2D eigenvalue weighted by Gasteiger charge is 2.51. The van der Waals surface area contributed by atoms with Crippen molar-refractivity contribution >= 4 is 17.1 Å². The fourth-order valence-electron chi connectivity index (χ4n) is 7.74. The van der Waals surface area contributed by atoms with Crippen molar-refractivity contribution in [1.82, 2.24) is 0 Å². The van der Waals surface area contributed by atoms with E-state index in [9.17, 15) is 0 Å². The summed E-state index contributed by atoms with van der Waals surface area (Å²) in [6.07, 6.45) is 0. The number of benzene rings is 7. The van der Waals surface area contributed by atoms with Crippen LogP contribution >= 0.6 is 0 Å². The Bertz CT molecular complexity index is 2070. The van der Waals surface area contributed by atoms with Crippen LogP contribution in [-0.2, 0) is 5.41 Å². The molecule has 0 radical (unpaired) electrons. The summed E-state index contributed by atoms with van der Waals surface area (Å²) in [5.74, 6) is 0. The largest absolute Gasteiger partial charge is 0.310 e. The molecule has 0 bridgehead atoms. The zero-order chi connectivity index (χ0) is 30.0. The average Bonchev–Trinajstić information content (AvgIpc) is 3.39. The monoisotopic (exact) mass is 573 g/mol. The highest BCUT2D eigenvalue weighted by molar-refractivity contribution is 5.97. The zero-order valence-electron chi connectivity index (χ0n) is 25.1. The number of fused-ring (bicyclic) bond motifs is 9. The molecule has 0 aromatic heterocycles. The van der Waals surface area contributed by atoms with Crippen LogP contribution in [0.4, 0.5) is 17.1 Å². The molecular formula is C44H31N. The van der Waals surface area contributed by atoms with E-state index in [4.69, 9.17) is 0 Å². The van der Waals surface area contributed by atoms with E-state index in [1.54, 1.807) is 0 Å². The normalized spacial score (nSPS) is 13.6. The van der Waals surface area contributed by atoms with Crippen molar-refractivity contribution in [1.29, 1.82) is 0 Å². The van der Waals surface area contributed by atoms with Crippen LogP contribution in [0.2, 0.25) is 0 Å². The summed E-state index contributed by atoms with van der Waals surface area (Å²) in [6.45, 7) is 2.15. The van der Waals surface area contributed by atoms with Crippen LogP contribution in [0.5, 0.6) is 0 Å². The summed E-state index contributed by atoms with van der Waals surface area (Å²) < 4.78 is 0. The lowest BCUT2D eigenvalue weighted by Crippen LogP contribution is -2.36. The van der Waals surface area contributed by atoms with E-state index in [-0.39, 0.29) is 0 Å². The van der Waals surface area contributed by atoms with Gasteiger partial charge in [0.15, 0.2) is 0 Å². The number of rotatable bonds is 3. The molecule has 7 aromatic rings. The molecule has 1 spiro atoms. The fourth-order valence-corrected chi connectivity index (χ4v) is 7.74. The van der Waals surface area contributed by atoms with Crippen LogP contribution in [0, 0.1) is 6.92 Å². The van der Waals surface area contributed by atoms with Crippen molar-refractivity contribution in [2.45, 2.75) is 12.3 Å². The third-order valence-corrected chi connectivity index (χ3v) is 9.74. The minimum Gasteiger partial charge on any atom is -0.310 e. The van der Waals surface area contributed by atoms with Gasteiger partial charge >= 0.3 is 0 Å². The molecule has 7 aromatic carbocycles. The second kappa shape index (κ2) is 9.94. The lowest BCUT2D eigenvalue weighted by molar-refractivity contribution is 0.753.